The minimum absolute atomic E-state index is 0. The summed E-state index contributed by atoms with van der Waals surface area (Å²) in [4.78, 5) is 11.7. The number of hydrogen-bond acceptors (Lipinski definition) is 2. The van der Waals surface area contributed by atoms with Crippen molar-refractivity contribution in [2.45, 2.75) is 19.3 Å². The molecule has 0 aromatic heterocycles. The molecule has 2 N–H and O–H groups in total. The van der Waals surface area contributed by atoms with E-state index in [1.807, 2.05) is 6.07 Å². The van der Waals surface area contributed by atoms with Crippen molar-refractivity contribution in [3.05, 3.63) is 35.9 Å². The molecule has 18 heavy (non-hydrogen) atoms. The predicted molar refractivity (Wildman–Crippen MR) is 76.1 cm³/mol. The lowest BCUT2D eigenvalue weighted by molar-refractivity contribution is -0.126. The number of amides is 1. The van der Waals surface area contributed by atoms with Crippen LogP contribution in [0.2, 0.25) is 0 Å². The van der Waals surface area contributed by atoms with Crippen LogP contribution in [0.1, 0.15) is 24.8 Å². The van der Waals surface area contributed by atoms with Crippen molar-refractivity contribution in [1.29, 1.82) is 0 Å². The highest BCUT2D eigenvalue weighted by Crippen LogP contribution is 2.18. The molecule has 4 heteroatoms. The van der Waals surface area contributed by atoms with Gasteiger partial charge in [0, 0.05) is 25.6 Å². The van der Waals surface area contributed by atoms with Crippen LogP contribution < -0.4 is 10.6 Å². The van der Waals surface area contributed by atoms with Gasteiger partial charge in [-0.05, 0) is 12.0 Å². The molecular formula is C14H21ClN2O. The maximum atomic E-state index is 11.7. The molecule has 1 fully saturated rings. The van der Waals surface area contributed by atoms with Crippen molar-refractivity contribution in [2.75, 3.05) is 19.6 Å². The molecule has 0 aliphatic carbocycles. The highest BCUT2D eigenvalue weighted by Gasteiger charge is 2.24. The van der Waals surface area contributed by atoms with E-state index in [1.54, 1.807) is 0 Å². The summed E-state index contributed by atoms with van der Waals surface area (Å²) in [5.74, 6) is 0.801. The number of carbonyl (C=O) groups excluding carboxylic acids is 1. The first-order valence-corrected chi connectivity index (χ1v) is 6.34. The quantitative estimate of drug-likeness (QED) is 0.857. The van der Waals surface area contributed by atoms with Gasteiger partial charge in [0.05, 0.1) is 5.92 Å². The Balaban J connectivity index is 0.00000162. The Morgan fingerprint density at radius 2 is 2.06 bits per heavy atom. The van der Waals surface area contributed by atoms with Crippen molar-refractivity contribution in [1.82, 2.24) is 10.6 Å². The summed E-state index contributed by atoms with van der Waals surface area (Å²) in [6.07, 6.45) is 1.05. The number of carbonyl (C=O) groups is 1. The molecule has 1 aromatic carbocycles. The smallest absolute Gasteiger partial charge is 0.225 e. The molecule has 2 rings (SSSR count). The van der Waals surface area contributed by atoms with Crippen LogP contribution in [-0.4, -0.2) is 25.5 Å². The van der Waals surface area contributed by atoms with Crippen LogP contribution in [0.3, 0.4) is 0 Å². The zero-order chi connectivity index (χ0) is 12.1. The van der Waals surface area contributed by atoms with E-state index in [1.165, 1.54) is 5.56 Å². The van der Waals surface area contributed by atoms with Gasteiger partial charge in [-0.2, -0.15) is 0 Å². The molecule has 0 saturated carbocycles. The molecular weight excluding hydrogens is 248 g/mol. The number of halogens is 1. The highest BCUT2D eigenvalue weighted by molar-refractivity contribution is 5.85. The molecule has 0 bridgehead atoms. The van der Waals surface area contributed by atoms with Gasteiger partial charge >= 0.3 is 0 Å². The molecule has 1 aromatic rings. The zero-order valence-electron chi connectivity index (χ0n) is 10.7. The highest BCUT2D eigenvalue weighted by atomic mass is 35.5. The van der Waals surface area contributed by atoms with Crippen LogP contribution in [-0.2, 0) is 4.79 Å². The first-order valence-electron chi connectivity index (χ1n) is 6.34. The van der Waals surface area contributed by atoms with E-state index in [4.69, 9.17) is 0 Å². The third kappa shape index (κ3) is 3.72. The van der Waals surface area contributed by atoms with E-state index in [0.717, 1.165) is 26.1 Å². The summed E-state index contributed by atoms with van der Waals surface area (Å²) >= 11 is 0. The van der Waals surface area contributed by atoms with Crippen molar-refractivity contribution in [3.8, 4) is 0 Å². The molecule has 1 unspecified atom stereocenters. The van der Waals surface area contributed by atoms with E-state index in [0.29, 0.717) is 5.92 Å². The van der Waals surface area contributed by atoms with Gasteiger partial charge in [0.25, 0.3) is 0 Å². The maximum Gasteiger partial charge on any atom is 0.225 e. The van der Waals surface area contributed by atoms with Gasteiger partial charge in [-0.1, -0.05) is 37.3 Å². The molecule has 1 atom stereocenters. The Hall–Kier alpha value is -1.06. The molecule has 0 radical (unpaired) electrons. The van der Waals surface area contributed by atoms with Gasteiger partial charge in [-0.3, -0.25) is 4.79 Å². The van der Waals surface area contributed by atoms with E-state index >= 15 is 0 Å². The molecule has 1 amide bonds. The van der Waals surface area contributed by atoms with E-state index in [9.17, 15) is 4.79 Å². The second-order valence-electron chi connectivity index (χ2n) is 4.62. The van der Waals surface area contributed by atoms with Gasteiger partial charge in [0.2, 0.25) is 5.91 Å². The van der Waals surface area contributed by atoms with E-state index in [-0.39, 0.29) is 24.2 Å². The van der Waals surface area contributed by atoms with Crippen LogP contribution in [0.5, 0.6) is 0 Å². The summed E-state index contributed by atoms with van der Waals surface area (Å²) in [5.41, 5.74) is 1.31. The van der Waals surface area contributed by atoms with Crippen LogP contribution >= 0.6 is 12.4 Å². The second-order valence-corrected chi connectivity index (χ2v) is 4.62. The first-order chi connectivity index (χ1) is 8.31. The molecule has 1 saturated heterocycles. The van der Waals surface area contributed by atoms with Gasteiger partial charge in [0.15, 0.2) is 0 Å². The normalized spacial score (nSPS) is 16.3. The van der Waals surface area contributed by atoms with Crippen molar-refractivity contribution in [2.24, 2.45) is 5.92 Å². The fourth-order valence-corrected chi connectivity index (χ4v) is 2.07. The summed E-state index contributed by atoms with van der Waals surface area (Å²) in [7, 11) is 0. The topological polar surface area (TPSA) is 41.1 Å². The van der Waals surface area contributed by atoms with Gasteiger partial charge in [-0.15, -0.1) is 12.4 Å². The Morgan fingerprint density at radius 1 is 1.39 bits per heavy atom. The SMILES string of the molecule is CCC(CNC(=O)C1CNC1)c1ccccc1.Cl. The molecule has 1 aliphatic heterocycles. The molecule has 0 spiro atoms. The first kappa shape index (κ1) is 15.0. The van der Waals surface area contributed by atoms with Crippen LogP contribution in [0, 0.1) is 5.92 Å². The second kappa shape index (κ2) is 7.39. The predicted octanol–water partition coefficient (Wildman–Crippen LogP) is 1.94. The fourth-order valence-electron chi connectivity index (χ4n) is 2.07. The van der Waals surface area contributed by atoms with Crippen molar-refractivity contribution >= 4 is 18.3 Å². The fraction of sp³-hybridized carbons (Fsp3) is 0.500. The van der Waals surface area contributed by atoms with E-state index < -0.39 is 0 Å². The van der Waals surface area contributed by atoms with Crippen LogP contribution in [0.25, 0.3) is 0 Å². The van der Waals surface area contributed by atoms with Crippen LogP contribution in [0.15, 0.2) is 30.3 Å². The average Bonchev–Trinajstić information content (AvgIpc) is 2.29. The monoisotopic (exact) mass is 268 g/mol. The molecule has 1 heterocycles. The molecule has 1 aliphatic rings. The minimum atomic E-state index is 0. The summed E-state index contributed by atoms with van der Waals surface area (Å²) in [5, 5.41) is 6.17. The van der Waals surface area contributed by atoms with Crippen LogP contribution in [0.4, 0.5) is 0 Å². The third-order valence-corrected chi connectivity index (χ3v) is 3.44. The molecule has 100 valence electrons. The Labute approximate surface area is 115 Å². The lowest BCUT2D eigenvalue weighted by atomic mass is 9.96. The summed E-state index contributed by atoms with van der Waals surface area (Å²) < 4.78 is 0. The Kier molecular flexibility index (Phi) is 6.16. The standard InChI is InChI=1S/C14H20N2O.ClH/c1-2-11(12-6-4-3-5-7-12)10-16-14(17)13-8-15-9-13;/h3-7,11,13,15H,2,8-10H2,1H3,(H,16,17);1H. The largest absolute Gasteiger partial charge is 0.355 e. The zero-order valence-corrected chi connectivity index (χ0v) is 11.5. The summed E-state index contributed by atoms with van der Waals surface area (Å²) in [6, 6.07) is 10.4. The van der Waals surface area contributed by atoms with Gasteiger partial charge in [0.1, 0.15) is 0 Å². The molecule has 3 nitrogen and oxygen atoms in total. The third-order valence-electron chi connectivity index (χ3n) is 3.44. The van der Waals surface area contributed by atoms with Gasteiger partial charge in [-0.25, -0.2) is 0 Å². The Bertz CT molecular complexity index is 365. The maximum absolute atomic E-state index is 11.7. The number of benzene rings is 1. The lowest BCUT2D eigenvalue weighted by Crippen LogP contribution is -2.51. The van der Waals surface area contributed by atoms with Crippen molar-refractivity contribution in [3.63, 3.8) is 0 Å². The number of hydrogen-bond donors (Lipinski definition) is 2. The van der Waals surface area contributed by atoms with E-state index in [2.05, 4.69) is 41.8 Å². The average molecular weight is 269 g/mol. The van der Waals surface area contributed by atoms with Gasteiger partial charge < -0.3 is 10.6 Å². The summed E-state index contributed by atoms with van der Waals surface area (Å²) in [6.45, 7) is 4.56. The number of rotatable bonds is 5. The van der Waals surface area contributed by atoms with Crippen molar-refractivity contribution < 1.29 is 4.79 Å². The minimum Gasteiger partial charge on any atom is -0.355 e. The Morgan fingerprint density at radius 3 is 2.56 bits per heavy atom. The number of nitrogens with one attached hydrogen (secondary N) is 2. The lowest BCUT2D eigenvalue weighted by Gasteiger charge is -2.27.